The Labute approximate surface area is 86.3 Å². The van der Waals surface area contributed by atoms with Gasteiger partial charge in [-0.15, -0.1) is 13.2 Å². The molecule has 86 valence electrons. The highest BCUT2D eigenvalue weighted by Crippen LogP contribution is 2.21. The van der Waals surface area contributed by atoms with Crippen LogP contribution >= 0.6 is 0 Å². The fourth-order valence-corrected chi connectivity index (χ4v) is 1.51. The van der Waals surface area contributed by atoms with Crippen LogP contribution in [0, 0.1) is 0 Å². The van der Waals surface area contributed by atoms with Crippen molar-refractivity contribution in [2.24, 2.45) is 0 Å². The van der Waals surface area contributed by atoms with E-state index in [0.29, 0.717) is 19.6 Å². The summed E-state index contributed by atoms with van der Waals surface area (Å²) in [6.07, 6.45) is -4.84. The molecule has 0 saturated carbocycles. The molecule has 1 heterocycles. The van der Waals surface area contributed by atoms with Crippen LogP contribution in [0.4, 0.5) is 13.2 Å². The highest BCUT2D eigenvalue weighted by Gasteiger charge is 2.39. The van der Waals surface area contributed by atoms with E-state index in [2.05, 4.69) is 4.74 Å². The van der Waals surface area contributed by atoms with Gasteiger partial charge in [-0.05, 0) is 0 Å². The highest BCUT2D eigenvalue weighted by atomic mass is 35.5. The first-order chi connectivity index (χ1) is 6.01. The molecule has 0 aliphatic carbocycles. The second-order valence-corrected chi connectivity index (χ2v) is 3.11. The third-order valence-corrected chi connectivity index (χ3v) is 1.98. The van der Waals surface area contributed by atoms with Gasteiger partial charge in [0.1, 0.15) is 18.7 Å². The zero-order chi connectivity index (χ0) is 9.90. The predicted octanol–water partition coefficient (Wildman–Crippen LogP) is -3.12. The zero-order valence-electron chi connectivity index (χ0n) is 7.68. The molecule has 0 bridgehead atoms. The smallest absolute Gasteiger partial charge is 0.522 e. The average Bonchev–Trinajstić information content (AvgIpc) is 2.33. The first-order valence-corrected chi connectivity index (χ1v) is 4.08. The number of alkyl halides is 3. The van der Waals surface area contributed by atoms with Crippen molar-refractivity contribution < 1.29 is 40.4 Å². The Balaban J connectivity index is 0.00000169. The molecule has 0 aromatic heterocycles. The molecule has 1 fully saturated rings. The van der Waals surface area contributed by atoms with Gasteiger partial charge in [0, 0.05) is 13.5 Å². The topological polar surface area (TPSA) is 35.1 Å². The van der Waals surface area contributed by atoms with Gasteiger partial charge < -0.3 is 22.5 Å². The Bertz CT molecular complexity index is 168. The standard InChI is InChI=1S/C7H12F3NO2.ClH/c1-12-4-5-2-6(3-11-5)13-7(8,9)10;/h5-6,11H,2-4H2,1H3;1H/t5-,6-;/m0./s1. The van der Waals surface area contributed by atoms with Crippen LogP contribution in [0.1, 0.15) is 6.42 Å². The molecule has 0 aromatic carbocycles. The Hall–Kier alpha value is -0.0400. The number of hydrogen-bond donors (Lipinski definition) is 1. The van der Waals surface area contributed by atoms with E-state index < -0.39 is 12.5 Å². The molecule has 0 aromatic rings. The van der Waals surface area contributed by atoms with Crippen LogP contribution in [0.5, 0.6) is 0 Å². The van der Waals surface area contributed by atoms with Crippen LogP contribution in [0.25, 0.3) is 0 Å². The molecule has 1 rings (SSSR count). The lowest BCUT2D eigenvalue weighted by atomic mass is 10.2. The number of nitrogens with two attached hydrogens (primary N) is 1. The Morgan fingerprint density at radius 1 is 1.43 bits per heavy atom. The molecule has 0 spiro atoms. The summed E-state index contributed by atoms with van der Waals surface area (Å²) in [5.74, 6) is 0. The minimum atomic E-state index is -4.51. The molecular weight excluding hydrogens is 223 g/mol. The Morgan fingerprint density at radius 3 is 2.57 bits per heavy atom. The van der Waals surface area contributed by atoms with Crippen LogP contribution in [0.2, 0.25) is 0 Å². The minimum absolute atomic E-state index is 0. The van der Waals surface area contributed by atoms with Crippen LogP contribution in [-0.2, 0) is 9.47 Å². The van der Waals surface area contributed by atoms with Crippen LogP contribution in [-0.4, -0.2) is 38.8 Å². The third-order valence-electron chi connectivity index (χ3n) is 1.98. The van der Waals surface area contributed by atoms with Crippen molar-refractivity contribution >= 4 is 0 Å². The summed E-state index contributed by atoms with van der Waals surface area (Å²) >= 11 is 0. The molecule has 7 heteroatoms. The van der Waals surface area contributed by atoms with Gasteiger partial charge in [0.25, 0.3) is 0 Å². The van der Waals surface area contributed by atoms with Gasteiger partial charge >= 0.3 is 6.36 Å². The van der Waals surface area contributed by atoms with E-state index >= 15 is 0 Å². The van der Waals surface area contributed by atoms with E-state index in [9.17, 15) is 13.2 Å². The van der Waals surface area contributed by atoms with Crippen molar-refractivity contribution in [2.75, 3.05) is 20.3 Å². The minimum Gasteiger partial charge on any atom is -1.00 e. The summed E-state index contributed by atoms with van der Waals surface area (Å²) in [7, 11) is 1.53. The first-order valence-electron chi connectivity index (χ1n) is 4.08. The number of hydrogen-bond acceptors (Lipinski definition) is 2. The predicted molar refractivity (Wildman–Crippen MR) is 38.0 cm³/mol. The third kappa shape index (κ3) is 4.99. The quantitative estimate of drug-likeness (QED) is 0.562. The molecule has 1 saturated heterocycles. The van der Waals surface area contributed by atoms with Gasteiger partial charge in [0.05, 0.1) is 6.61 Å². The van der Waals surface area contributed by atoms with Gasteiger partial charge in [-0.3, -0.25) is 4.74 Å². The molecule has 1 aliphatic heterocycles. The summed E-state index contributed by atoms with van der Waals surface area (Å²) in [6.45, 7) is 0.825. The van der Waals surface area contributed by atoms with E-state index in [0.717, 1.165) is 0 Å². The summed E-state index contributed by atoms with van der Waals surface area (Å²) in [4.78, 5) is 0. The van der Waals surface area contributed by atoms with Crippen molar-refractivity contribution in [1.29, 1.82) is 0 Å². The van der Waals surface area contributed by atoms with Gasteiger partial charge in [0.2, 0.25) is 0 Å². The molecule has 0 radical (unpaired) electrons. The number of methoxy groups -OCH3 is 1. The monoisotopic (exact) mass is 235 g/mol. The number of quaternary nitrogens is 1. The maximum Gasteiger partial charge on any atom is 0.522 e. The number of rotatable bonds is 3. The maximum absolute atomic E-state index is 11.8. The number of ether oxygens (including phenoxy) is 2. The van der Waals surface area contributed by atoms with Gasteiger partial charge in [-0.25, -0.2) is 0 Å². The van der Waals surface area contributed by atoms with E-state index in [1.54, 1.807) is 0 Å². The highest BCUT2D eigenvalue weighted by molar-refractivity contribution is 4.69. The summed E-state index contributed by atoms with van der Waals surface area (Å²) in [5, 5.41) is 1.82. The van der Waals surface area contributed by atoms with Crippen LogP contribution in [0.3, 0.4) is 0 Å². The van der Waals surface area contributed by atoms with Crippen molar-refractivity contribution in [1.82, 2.24) is 0 Å². The largest absolute Gasteiger partial charge is 1.00 e. The second-order valence-electron chi connectivity index (χ2n) is 3.11. The normalized spacial score (nSPS) is 27.4. The van der Waals surface area contributed by atoms with E-state index in [1.807, 2.05) is 5.32 Å². The van der Waals surface area contributed by atoms with Gasteiger partial charge in [-0.1, -0.05) is 0 Å². The molecule has 14 heavy (non-hydrogen) atoms. The molecular formula is C7H13ClF3NO2. The Morgan fingerprint density at radius 2 is 2.07 bits per heavy atom. The van der Waals surface area contributed by atoms with E-state index in [4.69, 9.17) is 4.74 Å². The van der Waals surface area contributed by atoms with Gasteiger partial charge in [-0.2, -0.15) is 0 Å². The Kier molecular flexibility index (Phi) is 5.73. The zero-order valence-corrected chi connectivity index (χ0v) is 8.44. The maximum atomic E-state index is 11.8. The fourth-order valence-electron chi connectivity index (χ4n) is 1.51. The van der Waals surface area contributed by atoms with E-state index in [1.165, 1.54) is 7.11 Å². The molecule has 0 unspecified atom stereocenters. The molecule has 2 N–H and O–H groups in total. The lowest BCUT2D eigenvalue weighted by Crippen LogP contribution is -3.00. The second kappa shape index (κ2) is 5.75. The summed E-state index contributed by atoms with van der Waals surface area (Å²) in [5.41, 5.74) is 0. The SMILES string of the molecule is COC[C@@H]1C[C@H](OC(F)(F)F)C[NH2+]1.[Cl-]. The van der Waals surface area contributed by atoms with Crippen molar-refractivity contribution in [2.45, 2.75) is 24.9 Å². The first kappa shape index (κ1) is 14.0. The number of halogens is 4. The van der Waals surface area contributed by atoms with Crippen LogP contribution in [0.15, 0.2) is 0 Å². The lowest BCUT2D eigenvalue weighted by molar-refractivity contribution is -0.674. The molecule has 2 atom stereocenters. The molecule has 3 nitrogen and oxygen atoms in total. The molecule has 1 aliphatic rings. The van der Waals surface area contributed by atoms with Crippen molar-refractivity contribution in [3.05, 3.63) is 0 Å². The van der Waals surface area contributed by atoms with E-state index in [-0.39, 0.29) is 18.4 Å². The fraction of sp³-hybridized carbons (Fsp3) is 1.00. The summed E-state index contributed by atoms with van der Waals surface area (Å²) in [6, 6.07) is 0.0948. The van der Waals surface area contributed by atoms with Crippen LogP contribution < -0.4 is 17.7 Å². The van der Waals surface area contributed by atoms with Crippen molar-refractivity contribution in [3.63, 3.8) is 0 Å². The summed E-state index contributed by atoms with van der Waals surface area (Å²) < 4.78 is 44.0. The van der Waals surface area contributed by atoms with Gasteiger partial charge in [0.15, 0.2) is 0 Å². The van der Waals surface area contributed by atoms with Crippen molar-refractivity contribution in [3.8, 4) is 0 Å². The lowest BCUT2D eigenvalue weighted by Gasteiger charge is -2.10. The molecule has 0 amide bonds. The average molecular weight is 236 g/mol.